The molecule has 1 amide bonds. The van der Waals surface area contributed by atoms with E-state index in [4.69, 9.17) is 9.47 Å². The van der Waals surface area contributed by atoms with Crippen LogP contribution in [0.2, 0.25) is 0 Å². The van der Waals surface area contributed by atoms with Gasteiger partial charge in [-0.3, -0.25) is 9.10 Å². The number of esters is 1. The van der Waals surface area contributed by atoms with Crippen LogP contribution in [0.1, 0.15) is 33.2 Å². The Labute approximate surface area is 234 Å². The first-order valence-corrected chi connectivity index (χ1v) is 13.9. The lowest BCUT2D eigenvalue weighted by atomic mass is 10.1. The van der Waals surface area contributed by atoms with Crippen molar-refractivity contribution in [3.05, 3.63) is 119 Å². The second-order valence-electron chi connectivity index (χ2n) is 9.17. The standard InChI is InChI=1S/C31H30N2O6S/c1-21-14-15-22(2)26(20-21)32-30(34)29(23-10-6-5-7-11-23)39-31(35)24-16-18-25(19-17-24)40(36,37)33(3)27-12-8-9-13-28(27)38-4/h5-20,29H,1-4H3,(H,32,34). The number of aryl methyl sites for hydroxylation is 2. The number of hydrogen-bond acceptors (Lipinski definition) is 6. The van der Waals surface area contributed by atoms with Crippen LogP contribution in [0.3, 0.4) is 0 Å². The lowest BCUT2D eigenvalue weighted by Gasteiger charge is -2.22. The topological polar surface area (TPSA) is 102 Å². The molecule has 9 heteroatoms. The first kappa shape index (κ1) is 28.4. The molecule has 0 spiro atoms. The van der Waals surface area contributed by atoms with E-state index in [0.717, 1.165) is 15.4 Å². The third-order valence-corrected chi connectivity index (χ3v) is 8.17. The second kappa shape index (κ2) is 12.0. The maximum Gasteiger partial charge on any atom is 0.339 e. The molecule has 1 N–H and O–H groups in total. The molecular weight excluding hydrogens is 528 g/mol. The van der Waals surface area contributed by atoms with Crippen LogP contribution in [0, 0.1) is 13.8 Å². The van der Waals surface area contributed by atoms with E-state index in [1.165, 1.54) is 38.4 Å². The molecule has 8 nitrogen and oxygen atoms in total. The minimum absolute atomic E-state index is 0.0234. The van der Waals surface area contributed by atoms with E-state index < -0.39 is 28.0 Å². The third kappa shape index (κ3) is 6.16. The van der Waals surface area contributed by atoms with Gasteiger partial charge in [0.15, 0.2) is 0 Å². The summed E-state index contributed by atoms with van der Waals surface area (Å²) in [7, 11) is -1.06. The molecule has 0 aliphatic carbocycles. The van der Waals surface area contributed by atoms with Gasteiger partial charge in [0, 0.05) is 18.3 Å². The zero-order chi connectivity index (χ0) is 28.9. The molecule has 1 atom stereocenters. The van der Waals surface area contributed by atoms with Crippen LogP contribution in [0.15, 0.2) is 102 Å². The SMILES string of the molecule is COc1ccccc1N(C)S(=O)(=O)c1ccc(C(=O)OC(C(=O)Nc2cc(C)ccc2C)c2ccccc2)cc1. The summed E-state index contributed by atoms with van der Waals surface area (Å²) in [5, 5.41) is 2.86. The molecule has 40 heavy (non-hydrogen) atoms. The average Bonchev–Trinajstić information content (AvgIpc) is 2.97. The molecule has 0 aromatic heterocycles. The largest absolute Gasteiger partial charge is 0.495 e. The number of benzene rings is 4. The average molecular weight is 559 g/mol. The van der Waals surface area contributed by atoms with Crippen molar-refractivity contribution in [2.75, 3.05) is 23.8 Å². The van der Waals surface area contributed by atoms with Crippen LogP contribution in [-0.2, 0) is 19.6 Å². The predicted molar refractivity (Wildman–Crippen MR) is 154 cm³/mol. The molecular formula is C31H30N2O6S. The van der Waals surface area contributed by atoms with E-state index >= 15 is 0 Å². The normalized spacial score (nSPS) is 11.8. The number of nitrogens with zero attached hydrogens (tertiary/aromatic N) is 1. The number of methoxy groups -OCH3 is 1. The van der Waals surface area contributed by atoms with Gasteiger partial charge in [-0.2, -0.15) is 0 Å². The maximum atomic E-state index is 13.3. The minimum Gasteiger partial charge on any atom is -0.495 e. The maximum absolute atomic E-state index is 13.3. The molecule has 0 saturated heterocycles. The van der Waals surface area contributed by atoms with Crippen molar-refractivity contribution in [2.45, 2.75) is 24.8 Å². The zero-order valence-electron chi connectivity index (χ0n) is 22.6. The minimum atomic E-state index is -3.95. The van der Waals surface area contributed by atoms with E-state index in [1.54, 1.807) is 54.6 Å². The van der Waals surface area contributed by atoms with Crippen LogP contribution in [-0.4, -0.2) is 34.5 Å². The van der Waals surface area contributed by atoms with Gasteiger partial charge in [-0.1, -0.05) is 54.6 Å². The molecule has 0 radical (unpaired) electrons. The Morgan fingerprint density at radius 3 is 2.17 bits per heavy atom. The van der Waals surface area contributed by atoms with Gasteiger partial charge in [-0.25, -0.2) is 13.2 Å². The van der Waals surface area contributed by atoms with Crippen LogP contribution in [0.4, 0.5) is 11.4 Å². The highest BCUT2D eigenvalue weighted by Crippen LogP contribution is 2.31. The van der Waals surface area contributed by atoms with Gasteiger partial charge >= 0.3 is 5.97 Å². The Balaban J connectivity index is 1.56. The lowest BCUT2D eigenvalue weighted by molar-refractivity contribution is -0.125. The number of para-hydroxylation sites is 2. The van der Waals surface area contributed by atoms with Gasteiger partial charge in [-0.15, -0.1) is 0 Å². The van der Waals surface area contributed by atoms with E-state index in [9.17, 15) is 18.0 Å². The number of sulfonamides is 1. The second-order valence-corrected chi connectivity index (χ2v) is 11.1. The summed E-state index contributed by atoms with van der Waals surface area (Å²) in [6.45, 7) is 3.79. The number of carbonyl (C=O) groups excluding carboxylic acids is 2. The molecule has 206 valence electrons. The van der Waals surface area contributed by atoms with Crippen molar-refractivity contribution in [1.29, 1.82) is 0 Å². The first-order chi connectivity index (χ1) is 19.1. The van der Waals surface area contributed by atoms with Gasteiger partial charge in [0.05, 0.1) is 23.3 Å². The molecule has 0 aliphatic heterocycles. The molecule has 4 aromatic carbocycles. The highest BCUT2D eigenvalue weighted by molar-refractivity contribution is 7.92. The number of amides is 1. The van der Waals surface area contributed by atoms with Crippen LogP contribution < -0.4 is 14.4 Å². The van der Waals surface area contributed by atoms with Gasteiger partial charge in [0.25, 0.3) is 15.9 Å². The monoisotopic (exact) mass is 558 g/mol. The van der Waals surface area contributed by atoms with Gasteiger partial charge < -0.3 is 14.8 Å². The molecule has 4 aromatic rings. The van der Waals surface area contributed by atoms with Crippen LogP contribution in [0.25, 0.3) is 0 Å². The smallest absolute Gasteiger partial charge is 0.339 e. The molecule has 0 fully saturated rings. The van der Waals surface area contributed by atoms with Crippen molar-refractivity contribution < 1.29 is 27.5 Å². The lowest BCUT2D eigenvalue weighted by Crippen LogP contribution is -2.27. The summed E-state index contributed by atoms with van der Waals surface area (Å²) < 4.78 is 38.6. The summed E-state index contributed by atoms with van der Waals surface area (Å²) in [5.74, 6) is -0.877. The molecule has 0 aliphatic rings. The summed E-state index contributed by atoms with van der Waals surface area (Å²) in [5.41, 5.74) is 3.42. The highest BCUT2D eigenvalue weighted by atomic mass is 32.2. The number of nitrogens with one attached hydrogen (secondary N) is 1. The Morgan fingerprint density at radius 2 is 1.50 bits per heavy atom. The fourth-order valence-electron chi connectivity index (χ4n) is 4.09. The molecule has 1 unspecified atom stereocenters. The van der Waals surface area contributed by atoms with Crippen molar-refractivity contribution in [3.8, 4) is 5.75 Å². The van der Waals surface area contributed by atoms with Crippen molar-refractivity contribution in [3.63, 3.8) is 0 Å². The Morgan fingerprint density at radius 1 is 0.850 bits per heavy atom. The summed E-state index contributed by atoms with van der Waals surface area (Å²) >= 11 is 0. The Kier molecular flexibility index (Phi) is 8.55. The van der Waals surface area contributed by atoms with Crippen molar-refractivity contribution in [2.24, 2.45) is 0 Å². The fraction of sp³-hybridized carbons (Fsp3) is 0.161. The van der Waals surface area contributed by atoms with Crippen LogP contribution in [0.5, 0.6) is 5.75 Å². The van der Waals surface area contributed by atoms with Gasteiger partial charge in [0.2, 0.25) is 6.10 Å². The van der Waals surface area contributed by atoms with Crippen molar-refractivity contribution in [1.82, 2.24) is 0 Å². The van der Waals surface area contributed by atoms with E-state index in [1.807, 2.05) is 32.0 Å². The number of rotatable bonds is 9. The predicted octanol–water partition coefficient (Wildman–Crippen LogP) is 5.67. The molecule has 4 rings (SSSR count). The quantitative estimate of drug-likeness (QED) is 0.266. The van der Waals surface area contributed by atoms with Gasteiger partial charge in [-0.05, 0) is 67.4 Å². The highest BCUT2D eigenvalue weighted by Gasteiger charge is 2.28. The number of hydrogen-bond donors (Lipinski definition) is 1. The number of anilines is 2. The zero-order valence-corrected chi connectivity index (χ0v) is 23.4. The Bertz CT molecular complexity index is 1620. The summed E-state index contributed by atoms with van der Waals surface area (Å²) in [6, 6.07) is 26.5. The van der Waals surface area contributed by atoms with E-state index in [2.05, 4.69) is 5.32 Å². The molecule has 0 bridgehead atoms. The first-order valence-electron chi connectivity index (χ1n) is 12.5. The van der Waals surface area contributed by atoms with E-state index in [-0.39, 0.29) is 10.5 Å². The van der Waals surface area contributed by atoms with E-state index in [0.29, 0.717) is 22.7 Å². The fourth-order valence-corrected chi connectivity index (χ4v) is 5.29. The van der Waals surface area contributed by atoms with Crippen LogP contribution >= 0.6 is 0 Å². The van der Waals surface area contributed by atoms with Crippen molar-refractivity contribution >= 4 is 33.3 Å². The Hall–Kier alpha value is -4.63. The number of ether oxygens (including phenoxy) is 2. The summed E-state index contributed by atoms with van der Waals surface area (Å²) in [6.07, 6.45) is -1.23. The molecule has 0 saturated carbocycles. The number of carbonyl (C=O) groups is 2. The van der Waals surface area contributed by atoms with Gasteiger partial charge in [0.1, 0.15) is 5.75 Å². The molecule has 0 heterocycles. The third-order valence-electron chi connectivity index (χ3n) is 6.39. The summed E-state index contributed by atoms with van der Waals surface area (Å²) in [4.78, 5) is 26.4.